The number of rotatable bonds is 5. The van der Waals surface area contributed by atoms with Gasteiger partial charge in [0.2, 0.25) is 0 Å². The maximum absolute atomic E-state index is 11.6. The molecule has 0 spiro atoms. The van der Waals surface area contributed by atoms with Crippen LogP contribution in [0.15, 0.2) is 48.7 Å². The molecule has 1 aromatic heterocycles. The Labute approximate surface area is 136 Å². The predicted molar refractivity (Wildman–Crippen MR) is 90.9 cm³/mol. The van der Waals surface area contributed by atoms with E-state index in [4.69, 9.17) is 4.74 Å². The van der Waals surface area contributed by atoms with Crippen molar-refractivity contribution in [3.05, 3.63) is 54.2 Å². The van der Waals surface area contributed by atoms with Crippen LogP contribution in [0.5, 0.6) is 0 Å². The molecule has 1 atom stereocenters. The van der Waals surface area contributed by atoms with E-state index in [1.165, 1.54) is 0 Å². The number of carbonyl (C=O) groups is 1. The Kier molecular flexibility index (Phi) is 4.76. The van der Waals surface area contributed by atoms with Crippen molar-refractivity contribution in [3.8, 4) is 0 Å². The minimum Gasteiger partial charge on any atom is -0.462 e. The molecule has 1 N–H and O–H groups in total. The highest BCUT2D eigenvalue weighted by Crippen LogP contribution is 2.21. The fraction of sp³-hybridized carbons (Fsp3) is 0.333. The second-order valence-electron chi connectivity index (χ2n) is 5.57. The first-order valence-electron chi connectivity index (χ1n) is 7.96. The summed E-state index contributed by atoms with van der Waals surface area (Å²) in [5, 5.41) is 3.54. The Morgan fingerprint density at radius 1 is 1.30 bits per heavy atom. The number of hydrogen-bond donors (Lipinski definition) is 1. The van der Waals surface area contributed by atoms with Crippen LogP contribution in [-0.2, 0) is 4.74 Å². The van der Waals surface area contributed by atoms with Crippen LogP contribution >= 0.6 is 0 Å². The van der Waals surface area contributed by atoms with Crippen LogP contribution in [0.25, 0.3) is 0 Å². The van der Waals surface area contributed by atoms with Gasteiger partial charge in [0.05, 0.1) is 12.2 Å². The van der Waals surface area contributed by atoms with E-state index in [1.807, 2.05) is 24.3 Å². The van der Waals surface area contributed by atoms with Gasteiger partial charge in [0, 0.05) is 31.0 Å². The molecular weight excluding hydrogens is 290 g/mol. The minimum atomic E-state index is -0.323. The van der Waals surface area contributed by atoms with E-state index in [9.17, 15) is 4.79 Å². The van der Waals surface area contributed by atoms with Gasteiger partial charge >= 0.3 is 5.97 Å². The van der Waals surface area contributed by atoms with E-state index in [1.54, 1.807) is 19.2 Å². The molecule has 1 aliphatic heterocycles. The molecule has 0 aliphatic carbocycles. The summed E-state index contributed by atoms with van der Waals surface area (Å²) in [6.07, 6.45) is 2.65. The first kappa shape index (κ1) is 15.3. The maximum atomic E-state index is 11.6. The molecule has 0 radical (unpaired) electrons. The lowest BCUT2D eigenvalue weighted by Crippen LogP contribution is -2.26. The van der Waals surface area contributed by atoms with Gasteiger partial charge in [-0.2, -0.15) is 0 Å². The molecule has 1 fully saturated rings. The molecule has 1 aliphatic rings. The number of carbonyl (C=O) groups excluding carboxylic acids is 1. The van der Waals surface area contributed by atoms with Crippen LogP contribution in [0.4, 0.5) is 11.5 Å². The van der Waals surface area contributed by atoms with Crippen LogP contribution in [-0.4, -0.2) is 36.7 Å². The van der Waals surface area contributed by atoms with E-state index in [0.29, 0.717) is 18.2 Å². The SMILES string of the molecule is CCOC(=O)c1ccc(N2CCC(Nc3ccccc3)C2)nc1. The Balaban J connectivity index is 1.59. The Bertz CT molecular complexity index is 643. The largest absolute Gasteiger partial charge is 0.462 e. The zero-order valence-corrected chi connectivity index (χ0v) is 13.2. The molecule has 5 heteroatoms. The van der Waals surface area contributed by atoms with Crippen LogP contribution in [0.3, 0.4) is 0 Å². The van der Waals surface area contributed by atoms with E-state index in [0.717, 1.165) is 31.0 Å². The summed E-state index contributed by atoms with van der Waals surface area (Å²) < 4.78 is 4.97. The van der Waals surface area contributed by atoms with E-state index < -0.39 is 0 Å². The van der Waals surface area contributed by atoms with Crippen molar-refractivity contribution in [3.63, 3.8) is 0 Å². The molecule has 0 amide bonds. The van der Waals surface area contributed by atoms with Gasteiger partial charge in [0.15, 0.2) is 0 Å². The Morgan fingerprint density at radius 3 is 2.83 bits per heavy atom. The van der Waals surface area contributed by atoms with Gasteiger partial charge in [-0.3, -0.25) is 0 Å². The quantitative estimate of drug-likeness (QED) is 0.860. The Morgan fingerprint density at radius 2 is 2.13 bits per heavy atom. The van der Waals surface area contributed by atoms with Gasteiger partial charge in [-0.15, -0.1) is 0 Å². The van der Waals surface area contributed by atoms with Crippen molar-refractivity contribution in [2.45, 2.75) is 19.4 Å². The van der Waals surface area contributed by atoms with Crippen LogP contribution in [0.1, 0.15) is 23.7 Å². The zero-order valence-electron chi connectivity index (χ0n) is 13.2. The van der Waals surface area contributed by atoms with Crippen molar-refractivity contribution in [1.82, 2.24) is 4.98 Å². The summed E-state index contributed by atoms with van der Waals surface area (Å²) in [5.74, 6) is 0.576. The van der Waals surface area contributed by atoms with Crippen molar-refractivity contribution >= 4 is 17.5 Å². The van der Waals surface area contributed by atoms with Gasteiger partial charge in [0.1, 0.15) is 5.82 Å². The maximum Gasteiger partial charge on any atom is 0.339 e. The number of para-hydroxylation sites is 1. The molecule has 1 unspecified atom stereocenters. The van der Waals surface area contributed by atoms with Gasteiger partial charge in [0.25, 0.3) is 0 Å². The smallest absolute Gasteiger partial charge is 0.339 e. The fourth-order valence-corrected chi connectivity index (χ4v) is 2.76. The summed E-state index contributed by atoms with van der Waals surface area (Å²) in [6.45, 7) is 4.03. The number of hydrogen-bond acceptors (Lipinski definition) is 5. The molecule has 2 heterocycles. The van der Waals surface area contributed by atoms with Crippen LogP contribution < -0.4 is 10.2 Å². The molecule has 1 aromatic carbocycles. The molecule has 3 rings (SSSR count). The number of ether oxygens (including phenoxy) is 1. The molecule has 5 nitrogen and oxygen atoms in total. The van der Waals surface area contributed by atoms with Gasteiger partial charge < -0.3 is 15.0 Å². The third-order valence-electron chi connectivity index (χ3n) is 3.92. The number of aromatic nitrogens is 1. The third kappa shape index (κ3) is 3.80. The average molecular weight is 311 g/mol. The van der Waals surface area contributed by atoms with E-state index in [-0.39, 0.29) is 5.97 Å². The standard InChI is InChI=1S/C18H21N3O2/c1-2-23-18(22)14-8-9-17(19-12-14)21-11-10-16(13-21)20-15-6-4-3-5-7-15/h3-9,12,16,20H,2,10-11,13H2,1H3. The highest BCUT2D eigenvalue weighted by atomic mass is 16.5. The summed E-state index contributed by atoms with van der Waals surface area (Å²) in [5.41, 5.74) is 1.64. The molecular formula is C18H21N3O2. The number of pyridine rings is 1. The summed E-state index contributed by atoms with van der Waals surface area (Å²) in [7, 11) is 0. The highest BCUT2D eigenvalue weighted by molar-refractivity contribution is 5.89. The van der Waals surface area contributed by atoms with Gasteiger partial charge in [-0.25, -0.2) is 9.78 Å². The summed E-state index contributed by atoms with van der Waals surface area (Å²) in [4.78, 5) is 18.3. The minimum absolute atomic E-state index is 0.323. The first-order valence-corrected chi connectivity index (χ1v) is 7.96. The van der Waals surface area contributed by atoms with E-state index in [2.05, 4.69) is 27.3 Å². The zero-order chi connectivity index (χ0) is 16.1. The second kappa shape index (κ2) is 7.13. The Hall–Kier alpha value is -2.56. The lowest BCUT2D eigenvalue weighted by Gasteiger charge is -2.18. The number of nitrogens with zero attached hydrogens (tertiary/aromatic N) is 2. The number of benzene rings is 1. The fourth-order valence-electron chi connectivity index (χ4n) is 2.76. The van der Waals surface area contributed by atoms with E-state index >= 15 is 0 Å². The number of esters is 1. The third-order valence-corrected chi connectivity index (χ3v) is 3.92. The van der Waals surface area contributed by atoms with Crippen LogP contribution in [0.2, 0.25) is 0 Å². The van der Waals surface area contributed by atoms with Gasteiger partial charge in [-0.1, -0.05) is 18.2 Å². The van der Waals surface area contributed by atoms with Crippen molar-refractivity contribution < 1.29 is 9.53 Å². The molecule has 0 saturated carbocycles. The lowest BCUT2D eigenvalue weighted by atomic mass is 10.2. The predicted octanol–water partition coefficient (Wildman–Crippen LogP) is 2.95. The normalized spacial score (nSPS) is 17.1. The topological polar surface area (TPSA) is 54.5 Å². The highest BCUT2D eigenvalue weighted by Gasteiger charge is 2.23. The van der Waals surface area contributed by atoms with Crippen molar-refractivity contribution in [1.29, 1.82) is 0 Å². The molecule has 120 valence electrons. The summed E-state index contributed by atoms with van der Waals surface area (Å²) in [6, 6.07) is 14.3. The summed E-state index contributed by atoms with van der Waals surface area (Å²) >= 11 is 0. The number of nitrogens with one attached hydrogen (secondary N) is 1. The molecule has 1 saturated heterocycles. The monoisotopic (exact) mass is 311 g/mol. The first-order chi connectivity index (χ1) is 11.3. The van der Waals surface area contributed by atoms with Gasteiger partial charge in [-0.05, 0) is 37.6 Å². The second-order valence-corrected chi connectivity index (χ2v) is 5.57. The number of anilines is 2. The molecule has 0 bridgehead atoms. The lowest BCUT2D eigenvalue weighted by molar-refractivity contribution is 0.0526. The molecule has 23 heavy (non-hydrogen) atoms. The molecule has 2 aromatic rings. The van der Waals surface area contributed by atoms with Crippen molar-refractivity contribution in [2.24, 2.45) is 0 Å². The van der Waals surface area contributed by atoms with Crippen molar-refractivity contribution in [2.75, 3.05) is 29.9 Å². The average Bonchev–Trinajstić information content (AvgIpc) is 3.05. The van der Waals surface area contributed by atoms with Crippen LogP contribution in [0, 0.1) is 0 Å².